The first kappa shape index (κ1) is 15.7. The van der Waals surface area contributed by atoms with Gasteiger partial charge in [-0.25, -0.2) is 0 Å². The number of carbonyl (C=O) groups excluding carboxylic acids is 1. The lowest BCUT2D eigenvalue weighted by Gasteiger charge is -2.15. The van der Waals surface area contributed by atoms with Gasteiger partial charge >= 0.3 is 0 Å². The zero-order chi connectivity index (χ0) is 14.1. The van der Waals surface area contributed by atoms with Gasteiger partial charge in [-0.05, 0) is 42.9 Å². The summed E-state index contributed by atoms with van der Waals surface area (Å²) >= 11 is 0. The van der Waals surface area contributed by atoms with Gasteiger partial charge in [0.15, 0.2) is 0 Å². The molecule has 0 aliphatic heterocycles. The highest BCUT2D eigenvalue weighted by molar-refractivity contribution is 5.94. The predicted octanol–water partition coefficient (Wildman–Crippen LogP) is 2.78. The number of rotatable bonds is 8. The second-order valence-corrected chi connectivity index (χ2v) is 4.93. The van der Waals surface area contributed by atoms with E-state index in [-0.39, 0.29) is 12.5 Å². The molecule has 1 aromatic rings. The molecular weight excluding hydrogens is 238 g/mol. The first-order valence-corrected chi connectivity index (χ1v) is 7.19. The normalized spacial score (nSPS) is 12.2. The number of hydrogen-bond acceptors (Lipinski definition) is 2. The lowest BCUT2D eigenvalue weighted by Crippen LogP contribution is -2.29. The zero-order valence-corrected chi connectivity index (χ0v) is 12.0. The van der Waals surface area contributed by atoms with Crippen LogP contribution >= 0.6 is 0 Å². The van der Waals surface area contributed by atoms with E-state index in [1.54, 1.807) is 0 Å². The molecule has 2 N–H and O–H groups in total. The number of carbonyl (C=O) groups is 1. The Morgan fingerprint density at radius 3 is 2.42 bits per heavy atom. The summed E-state index contributed by atoms with van der Waals surface area (Å²) in [5.74, 6) is 0.343. The molecule has 1 unspecified atom stereocenters. The van der Waals surface area contributed by atoms with Crippen molar-refractivity contribution in [2.24, 2.45) is 5.92 Å². The van der Waals surface area contributed by atoms with Crippen molar-refractivity contribution in [3.8, 4) is 0 Å². The van der Waals surface area contributed by atoms with Crippen molar-refractivity contribution in [3.05, 3.63) is 35.4 Å². The van der Waals surface area contributed by atoms with Crippen LogP contribution < -0.4 is 5.32 Å². The lowest BCUT2D eigenvalue weighted by molar-refractivity contribution is 0.0943. The second-order valence-electron chi connectivity index (χ2n) is 4.93. The summed E-state index contributed by atoms with van der Waals surface area (Å²) in [6, 6.07) is 7.72. The molecule has 0 aliphatic rings. The fourth-order valence-electron chi connectivity index (χ4n) is 2.17. The molecule has 1 aromatic carbocycles. The SMILES string of the molecule is CCCC(CCO)CNC(=O)c1ccc(CC)cc1. The summed E-state index contributed by atoms with van der Waals surface area (Å²) in [5, 5.41) is 11.9. The molecule has 1 rings (SSSR count). The van der Waals surface area contributed by atoms with Gasteiger partial charge in [-0.2, -0.15) is 0 Å². The molecule has 106 valence electrons. The van der Waals surface area contributed by atoms with Gasteiger partial charge in [0.2, 0.25) is 0 Å². The topological polar surface area (TPSA) is 49.3 Å². The molecule has 0 heterocycles. The molecule has 0 aliphatic carbocycles. The first-order valence-electron chi connectivity index (χ1n) is 7.19. The molecule has 3 nitrogen and oxygen atoms in total. The molecule has 0 fully saturated rings. The van der Waals surface area contributed by atoms with E-state index in [2.05, 4.69) is 19.2 Å². The van der Waals surface area contributed by atoms with E-state index in [9.17, 15) is 4.79 Å². The maximum absolute atomic E-state index is 12.0. The van der Waals surface area contributed by atoms with E-state index in [0.29, 0.717) is 18.0 Å². The Morgan fingerprint density at radius 1 is 1.21 bits per heavy atom. The van der Waals surface area contributed by atoms with Crippen molar-refractivity contribution < 1.29 is 9.90 Å². The summed E-state index contributed by atoms with van der Waals surface area (Å²) in [7, 11) is 0. The third-order valence-electron chi connectivity index (χ3n) is 3.41. The van der Waals surface area contributed by atoms with Crippen molar-refractivity contribution in [2.45, 2.75) is 39.5 Å². The maximum atomic E-state index is 12.0. The minimum atomic E-state index is -0.0262. The van der Waals surface area contributed by atoms with Crippen molar-refractivity contribution >= 4 is 5.91 Å². The van der Waals surface area contributed by atoms with Gasteiger partial charge in [0.1, 0.15) is 0 Å². The molecule has 1 atom stereocenters. The van der Waals surface area contributed by atoms with E-state index < -0.39 is 0 Å². The highest BCUT2D eigenvalue weighted by atomic mass is 16.3. The molecule has 0 saturated heterocycles. The lowest BCUT2D eigenvalue weighted by atomic mass is 10.00. The van der Waals surface area contributed by atoms with Gasteiger partial charge in [-0.1, -0.05) is 32.4 Å². The minimum Gasteiger partial charge on any atom is -0.396 e. The van der Waals surface area contributed by atoms with Crippen LogP contribution in [0.4, 0.5) is 0 Å². The summed E-state index contributed by atoms with van der Waals surface area (Å²) < 4.78 is 0. The highest BCUT2D eigenvalue weighted by Crippen LogP contribution is 2.10. The predicted molar refractivity (Wildman–Crippen MR) is 78.3 cm³/mol. The number of hydrogen-bond donors (Lipinski definition) is 2. The van der Waals surface area contributed by atoms with Crippen LogP contribution in [0.2, 0.25) is 0 Å². The Hall–Kier alpha value is -1.35. The molecule has 1 amide bonds. The van der Waals surface area contributed by atoms with E-state index in [1.165, 1.54) is 5.56 Å². The van der Waals surface area contributed by atoms with Crippen molar-refractivity contribution in [3.63, 3.8) is 0 Å². The van der Waals surface area contributed by atoms with Gasteiger partial charge in [-0.3, -0.25) is 4.79 Å². The molecule has 0 bridgehead atoms. The molecule has 0 spiro atoms. The van der Waals surface area contributed by atoms with E-state index in [1.807, 2.05) is 24.3 Å². The van der Waals surface area contributed by atoms with Gasteiger partial charge in [0.25, 0.3) is 5.91 Å². The molecule has 3 heteroatoms. The van der Waals surface area contributed by atoms with Gasteiger partial charge < -0.3 is 10.4 Å². The fourth-order valence-corrected chi connectivity index (χ4v) is 2.17. The van der Waals surface area contributed by atoms with E-state index in [4.69, 9.17) is 5.11 Å². The maximum Gasteiger partial charge on any atom is 0.251 e. The van der Waals surface area contributed by atoms with Crippen molar-refractivity contribution in [1.82, 2.24) is 5.32 Å². The second kappa shape index (κ2) is 8.70. The van der Waals surface area contributed by atoms with Crippen LogP contribution in [0.1, 0.15) is 49.0 Å². The third-order valence-corrected chi connectivity index (χ3v) is 3.41. The molecular formula is C16H25NO2. The summed E-state index contributed by atoms with van der Waals surface area (Å²) in [4.78, 5) is 12.0. The summed E-state index contributed by atoms with van der Waals surface area (Å²) in [5.41, 5.74) is 1.94. The van der Waals surface area contributed by atoms with Crippen molar-refractivity contribution in [2.75, 3.05) is 13.2 Å². The monoisotopic (exact) mass is 263 g/mol. The Kier molecular flexibility index (Phi) is 7.19. The van der Waals surface area contributed by atoms with Crippen LogP contribution in [0, 0.1) is 5.92 Å². The number of aliphatic hydroxyl groups is 1. The third kappa shape index (κ3) is 5.43. The quantitative estimate of drug-likeness (QED) is 0.757. The first-order chi connectivity index (χ1) is 9.21. The smallest absolute Gasteiger partial charge is 0.251 e. The van der Waals surface area contributed by atoms with Crippen molar-refractivity contribution in [1.29, 1.82) is 0 Å². The van der Waals surface area contributed by atoms with Crippen LogP contribution in [-0.2, 0) is 6.42 Å². The van der Waals surface area contributed by atoms with E-state index in [0.717, 1.165) is 25.7 Å². The average Bonchev–Trinajstić information content (AvgIpc) is 2.45. The Balaban J connectivity index is 2.48. The molecule has 0 radical (unpaired) electrons. The Morgan fingerprint density at radius 2 is 1.89 bits per heavy atom. The number of aliphatic hydroxyl groups excluding tert-OH is 1. The van der Waals surface area contributed by atoms with Crippen LogP contribution in [0.5, 0.6) is 0 Å². The fraction of sp³-hybridized carbons (Fsp3) is 0.562. The Bertz CT molecular complexity index is 367. The zero-order valence-electron chi connectivity index (χ0n) is 12.0. The minimum absolute atomic E-state index is 0.0262. The van der Waals surface area contributed by atoms with Gasteiger partial charge in [0, 0.05) is 18.7 Å². The number of benzene rings is 1. The summed E-state index contributed by atoms with van der Waals surface area (Å²) in [6.07, 6.45) is 3.85. The Labute approximate surface area is 116 Å². The largest absolute Gasteiger partial charge is 0.396 e. The number of nitrogens with one attached hydrogen (secondary N) is 1. The van der Waals surface area contributed by atoms with E-state index >= 15 is 0 Å². The molecule has 0 aromatic heterocycles. The van der Waals surface area contributed by atoms with Crippen LogP contribution in [0.15, 0.2) is 24.3 Å². The number of amides is 1. The van der Waals surface area contributed by atoms with Crippen LogP contribution in [0.3, 0.4) is 0 Å². The summed E-state index contributed by atoms with van der Waals surface area (Å²) in [6.45, 7) is 5.05. The highest BCUT2D eigenvalue weighted by Gasteiger charge is 2.10. The van der Waals surface area contributed by atoms with Gasteiger partial charge in [-0.15, -0.1) is 0 Å². The average molecular weight is 263 g/mol. The van der Waals surface area contributed by atoms with Crippen LogP contribution in [0.25, 0.3) is 0 Å². The number of aryl methyl sites for hydroxylation is 1. The standard InChI is InChI=1S/C16H25NO2/c1-3-5-14(10-11-18)12-17-16(19)15-8-6-13(4-2)7-9-15/h6-9,14,18H,3-5,10-12H2,1-2H3,(H,17,19). The molecule has 19 heavy (non-hydrogen) atoms. The molecule has 0 saturated carbocycles. The van der Waals surface area contributed by atoms with Crippen LogP contribution in [-0.4, -0.2) is 24.2 Å². The van der Waals surface area contributed by atoms with Gasteiger partial charge in [0.05, 0.1) is 0 Å².